The van der Waals surface area contributed by atoms with E-state index in [-0.39, 0.29) is 18.4 Å². The first-order chi connectivity index (χ1) is 7.09. The Hall–Kier alpha value is -0.430. The second-order valence-corrected chi connectivity index (χ2v) is 5.99. The van der Waals surface area contributed by atoms with Crippen LogP contribution in [0.4, 0.5) is 0 Å². The van der Waals surface area contributed by atoms with Gasteiger partial charge < -0.3 is 5.11 Å². The van der Waals surface area contributed by atoms with E-state index < -0.39 is 10.0 Å². The maximum Gasteiger partial charge on any atom is 0.214 e. The Morgan fingerprint density at radius 2 is 2.33 bits per heavy atom. The maximum atomic E-state index is 11.4. The molecule has 4 nitrogen and oxygen atoms in total. The van der Waals surface area contributed by atoms with Crippen molar-refractivity contribution in [1.29, 1.82) is 0 Å². The van der Waals surface area contributed by atoms with E-state index in [1.54, 1.807) is 0 Å². The third-order valence-electron chi connectivity index (χ3n) is 1.98. The molecule has 0 aliphatic rings. The molecule has 1 aromatic heterocycles. The summed E-state index contributed by atoms with van der Waals surface area (Å²) in [5.74, 6) is -0.241. The van der Waals surface area contributed by atoms with Gasteiger partial charge in [0.15, 0.2) is 0 Å². The Labute approximate surface area is 94.0 Å². The third-order valence-corrected chi connectivity index (χ3v) is 4.33. The van der Waals surface area contributed by atoms with Crippen molar-refractivity contribution in [2.45, 2.75) is 19.4 Å². The second kappa shape index (κ2) is 5.60. The van der Waals surface area contributed by atoms with Crippen LogP contribution < -0.4 is 4.72 Å². The highest BCUT2D eigenvalue weighted by Gasteiger charge is 2.17. The van der Waals surface area contributed by atoms with E-state index >= 15 is 0 Å². The van der Waals surface area contributed by atoms with Gasteiger partial charge in [0.2, 0.25) is 10.0 Å². The van der Waals surface area contributed by atoms with Gasteiger partial charge in [-0.05, 0) is 17.9 Å². The van der Waals surface area contributed by atoms with Crippen LogP contribution in [0, 0.1) is 0 Å². The van der Waals surface area contributed by atoms with Crippen LogP contribution in [-0.4, -0.2) is 25.9 Å². The minimum Gasteiger partial charge on any atom is -0.395 e. The monoisotopic (exact) mass is 249 g/mol. The molecule has 0 radical (unpaired) electrons. The van der Waals surface area contributed by atoms with Crippen molar-refractivity contribution in [3.05, 3.63) is 22.4 Å². The molecule has 0 spiro atoms. The van der Waals surface area contributed by atoms with Gasteiger partial charge in [-0.2, -0.15) is 0 Å². The van der Waals surface area contributed by atoms with Crippen molar-refractivity contribution in [2.24, 2.45) is 0 Å². The lowest BCUT2D eigenvalue weighted by Crippen LogP contribution is -2.31. The zero-order chi connectivity index (χ0) is 11.3. The van der Waals surface area contributed by atoms with Gasteiger partial charge in [-0.15, -0.1) is 11.3 Å². The molecule has 1 rings (SSSR count). The molecular formula is C9H15NO3S2. The predicted octanol–water partition coefficient (Wildman–Crippen LogP) is 1.11. The van der Waals surface area contributed by atoms with Crippen molar-refractivity contribution in [1.82, 2.24) is 4.72 Å². The van der Waals surface area contributed by atoms with E-state index in [0.29, 0.717) is 6.42 Å². The van der Waals surface area contributed by atoms with Gasteiger partial charge in [0, 0.05) is 4.88 Å². The smallest absolute Gasteiger partial charge is 0.214 e. The van der Waals surface area contributed by atoms with Crippen LogP contribution in [0.1, 0.15) is 24.3 Å². The number of thiophene rings is 1. The lowest BCUT2D eigenvalue weighted by molar-refractivity contribution is 0.319. The van der Waals surface area contributed by atoms with E-state index in [9.17, 15) is 8.42 Å². The SMILES string of the molecule is CCC(NS(=O)(=O)CCO)c1cccs1. The average Bonchev–Trinajstić information content (AvgIpc) is 2.67. The fraction of sp³-hybridized carbons (Fsp3) is 0.556. The number of hydrogen-bond donors (Lipinski definition) is 2. The number of sulfonamides is 1. The summed E-state index contributed by atoms with van der Waals surface area (Å²) in [4.78, 5) is 0.999. The Morgan fingerprint density at radius 1 is 1.60 bits per heavy atom. The van der Waals surface area contributed by atoms with Gasteiger partial charge in [-0.25, -0.2) is 13.1 Å². The molecule has 1 aromatic rings. The van der Waals surface area contributed by atoms with Gasteiger partial charge in [0.25, 0.3) is 0 Å². The molecule has 0 aliphatic heterocycles. The van der Waals surface area contributed by atoms with Gasteiger partial charge in [0.1, 0.15) is 0 Å². The average molecular weight is 249 g/mol. The summed E-state index contributed by atoms with van der Waals surface area (Å²) >= 11 is 1.52. The minimum atomic E-state index is -3.36. The number of hydrogen-bond acceptors (Lipinski definition) is 4. The van der Waals surface area contributed by atoms with Crippen molar-refractivity contribution in [2.75, 3.05) is 12.4 Å². The molecule has 0 fully saturated rings. The predicted molar refractivity (Wildman–Crippen MR) is 61.4 cm³/mol. The molecule has 0 amide bonds. The molecule has 6 heteroatoms. The molecule has 0 aliphatic carbocycles. The van der Waals surface area contributed by atoms with Crippen LogP contribution in [0.25, 0.3) is 0 Å². The zero-order valence-electron chi connectivity index (χ0n) is 8.51. The molecule has 0 saturated carbocycles. The van der Waals surface area contributed by atoms with Gasteiger partial charge >= 0.3 is 0 Å². The Morgan fingerprint density at radius 3 is 2.80 bits per heavy atom. The van der Waals surface area contributed by atoms with Crippen LogP contribution in [0.5, 0.6) is 0 Å². The highest BCUT2D eigenvalue weighted by atomic mass is 32.2. The molecule has 1 unspecified atom stereocenters. The summed E-state index contributed by atoms with van der Waals surface area (Å²) in [5.41, 5.74) is 0. The van der Waals surface area contributed by atoms with Crippen LogP contribution in [-0.2, 0) is 10.0 Å². The van der Waals surface area contributed by atoms with Gasteiger partial charge in [0.05, 0.1) is 18.4 Å². The van der Waals surface area contributed by atoms with E-state index in [1.165, 1.54) is 11.3 Å². The molecule has 0 aromatic carbocycles. The summed E-state index contributed by atoms with van der Waals surface area (Å²) in [6, 6.07) is 3.62. The molecule has 15 heavy (non-hydrogen) atoms. The summed E-state index contributed by atoms with van der Waals surface area (Å²) in [6.07, 6.45) is 0.700. The Bertz CT molecular complexity index is 372. The lowest BCUT2D eigenvalue weighted by Gasteiger charge is -2.14. The van der Waals surface area contributed by atoms with Crippen molar-refractivity contribution in [3.8, 4) is 0 Å². The van der Waals surface area contributed by atoms with E-state index in [4.69, 9.17) is 5.11 Å². The van der Waals surface area contributed by atoms with E-state index in [0.717, 1.165) is 4.88 Å². The van der Waals surface area contributed by atoms with Crippen LogP contribution in [0.2, 0.25) is 0 Å². The third kappa shape index (κ3) is 3.90. The number of rotatable bonds is 6. The molecule has 0 bridgehead atoms. The molecule has 1 heterocycles. The van der Waals surface area contributed by atoms with Crippen molar-refractivity contribution in [3.63, 3.8) is 0 Å². The van der Waals surface area contributed by atoms with E-state index in [1.807, 2.05) is 24.4 Å². The largest absolute Gasteiger partial charge is 0.395 e. The highest BCUT2D eigenvalue weighted by Crippen LogP contribution is 2.22. The highest BCUT2D eigenvalue weighted by molar-refractivity contribution is 7.89. The molecule has 1 atom stereocenters. The number of nitrogens with one attached hydrogen (secondary N) is 1. The first kappa shape index (κ1) is 12.6. The second-order valence-electron chi connectivity index (χ2n) is 3.14. The maximum absolute atomic E-state index is 11.4. The fourth-order valence-corrected chi connectivity index (χ4v) is 3.25. The first-order valence-electron chi connectivity index (χ1n) is 4.73. The lowest BCUT2D eigenvalue weighted by atomic mass is 10.2. The summed E-state index contributed by atoms with van der Waals surface area (Å²) < 4.78 is 25.4. The minimum absolute atomic E-state index is 0.179. The van der Waals surface area contributed by atoms with Crippen LogP contribution in [0.3, 0.4) is 0 Å². The first-order valence-corrected chi connectivity index (χ1v) is 7.26. The molecule has 86 valence electrons. The van der Waals surface area contributed by atoms with Crippen molar-refractivity contribution >= 4 is 21.4 Å². The zero-order valence-corrected chi connectivity index (χ0v) is 10.1. The molecular weight excluding hydrogens is 234 g/mol. The number of aliphatic hydroxyl groups is 1. The Kier molecular flexibility index (Phi) is 4.72. The molecule has 0 saturated heterocycles. The van der Waals surface area contributed by atoms with Crippen molar-refractivity contribution < 1.29 is 13.5 Å². The van der Waals surface area contributed by atoms with E-state index in [2.05, 4.69) is 4.72 Å². The molecule has 2 N–H and O–H groups in total. The normalized spacial score (nSPS) is 14.0. The summed E-state index contributed by atoms with van der Waals surface area (Å²) in [7, 11) is -3.36. The number of aliphatic hydroxyl groups excluding tert-OH is 1. The van der Waals surface area contributed by atoms with Crippen LogP contribution in [0.15, 0.2) is 17.5 Å². The standard InChI is InChI=1S/C9H15NO3S2/c1-2-8(9-4-3-6-14-9)10-15(12,13)7-5-11/h3-4,6,8,10-11H,2,5,7H2,1H3. The quantitative estimate of drug-likeness (QED) is 0.793. The Balaban J connectivity index is 2.70. The van der Waals surface area contributed by atoms with Gasteiger partial charge in [-0.3, -0.25) is 0 Å². The summed E-state index contributed by atoms with van der Waals surface area (Å²) in [6.45, 7) is 1.57. The van der Waals surface area contributed by atoms with Gasteiger partial charge in [-0.1, -0.05) is 13.0 Å². The fourth-order valence-electron chi connectivity index (χ4n) is 1.23. The summed E-state index contributed by atoms with van der Waals surface area (Å²) in [5, 5.41) is 10.5. The van der Waals surface area contributed by atoms with Crippen LogP contribution >= 0.6 is 11.3 Å². The topological polar surface area (TPSA) is 66.4 Å².